The van der Waals surface area contributed by atoms with Crippen molar-refractivity contribution >= 4 is 16.5 Å². The molecule has 1 atom stereocenters. The number of aromatic nitrogens is 1. The Morgan fingerprint density at radius 3 is 2.86 bits per heavy atom. The number of hydrogen-bond acceptors (Lipinski definition) is 7. The van der Waals surface area contributed by atoms with E-state index in [0.717, 1.165) is 43.4 Å². The predicted molar refractivity (Wildman–Crippen MR) is 84.0 cm³/mol. The van der Waals surface area contributed by atoms with E-state index in [2.05, 4.69) is 10.2 Å². The Morgan fingerprint density at radius 2 is 2.19 bits per heavy atom. The summed E-state index contributed by atoms with van der Waals surface area (Å²) in [5.41, 5.74) is 1.03. The van der Waals surface area contributed by atoms with Gasteiger partial charge in [-0.1, -0.05) is 0 Å². The van der Waals surface area contributed by atoms with E-state index in [1.165, 1.54) is 4.88 Å². The second-order valence-electron chi connectivity index (χ2n) is 5.06. The summed E-state index contributed by atoms with van der Waals surface area (Å²) in [6, 6.07) is 0. The first-order chi connectivity index (χ1) is 10.3. The third-order valence-electron chi connectivity index (χ3n) is 3.57. The summed E-state index contributed by atoms with van der Waals surface area (Å²) in [6.07, 6.45) is 1.39. The van der Waals surface area contributed by atoms with Crippen LogP contribution in [0.4, 0.5) is 5.13 Å². The number of rotatable bonds is 9. The SMILES string of the molecule is COCCNCc1sc(N2CCC(OC)C2)nc1COC. The van der Waals surface area contributed by atoms with Gasteiger partial charge in [0.25, 0.3) is 0 Å². The Hall–Kier alpha value is -0.730. The van der Waals surface area contributed by atoms with Crippen LogP contribution in [0, 0.1) is 0 Å². The summed E-state index contributed by atoms with van der Waals surface area (Å²) in [7, 11) is 5.19. The highest BCUT2D eigenvalue weighted by Gasteiger charge is 2.25. The second kappa shape index (κ2) is 8.65. The number of thiazole rings is 1. The van der Waals surface area contributed by atoms with Crippen LogP contribution in [0.1, 0.15) is 17.0 Å². The van der Waals surface area contributed by atoms with Gasteiger partial charge in [-0.25, -0.2) is 4.98 Å². The van der Waals surface area contributed by atoms with E-state index in [1.54, 1.807) is 32.7 Å². The molecular weight excluding hydrogens is 290 g/mol. The molecular formula is C14H25N3O3S. The molecule has 0 aliphatic carbocycles. The molecule has 1 aliphatic heterocycles. The summed E-state index contributed by atoms with van der Waals surface area (Å²) in [6.45, 7) is 4.85. The average Bonchev–Trinajstić information content (AvgIpc) is 3.11. The van der Waals surface area contributed by atoms with E-state index in [1.807, 2.05) is 0 Å². The lowest BCUT2D eigenvalue weighted by molar-refractivity contribution is 0.121. The monoisotopic (exact) mass is 315 g/mol. The highest BCUT2D eigenvalue weighted by Crippen LogP contribution is 2.30. The van der Waals surface area contributed by atoms with Crippen molar-refractivity contribution < 1.29 is 14.2 Å². The smallest absolute Gasteiger partial charge is 0.186 e. The minimum atomic E-state index is 0.322. The molecule has 1 unspecified atom stereocenters. The van der Waals surface area contributed by atoms with Crippen molar-refractivity contribution in [1.29, 1.82) is 0 Å². The predicted octanol–water partition coefficient (Wildman–Crippen LogP) is 1.25. The van der Waals surface area contributed by atoms with E-state index >= 15 is 0 Å². The number of hydrogen-bond donors (Lipinski definition) is 1. The number of nitrogens with one attached hydrogen (secondary N) is 1. The van der Waals surface area contributed by atoms with Gasteiger partial charge in [-0.3, -0.25) is 0 Å². The van der Waals surface area contributed by atoms with Crippen LogP contribution in [-0.2, 0) is 27.4 Å². The fraction of sp³-hybridized carbons (Fsp3) is 0.786. The van der Waals surface area contributed by atoms with Crippen LogP contribution in [0.25, 0.3) is 0 Å². The highest BCUT2D eigenvalue weighted by molar-refractivity contribution is 7.15. The molecule has 1 aliphatic rings. The Morgan fingerprint density at radius 1 is 1.33 bits per heavy atom. The molecule has 0 saturated carbocycles. The standard InChI is InChI=1S/C14H25N3O3S/c1-18-7-5-15-8-13-12(10-19-2)16-14(21-13)17-6-4-11(9-17)20-3/h11,15H,4-10H2,1-3H3. The lowest BCUT2D eigenvalue weighted by atomic mass is 10.3. The quantitative estimate of drug-likeness (QED) is 0.692. The fourth-order valence-electron chi connectivity index (χ4n) is 2.36. The van der Waals surface area contributed by atoms with Gasteiger partial charge in [0.2, 0.25) is 0 Å². The minimum absolute atomic E-state index is 0.322. The first-order valence-corrected chi connectivity index (χ1v) is 8.05. The Kier molecular flexibility index (Phi) is 6.85. The molecule has 21 heavy (non-hydrogen) atoms. The van der Waals surface area contributed by atoms with Gasteiger partial charge < -0.3 is 24.4 Å². The molecule has 6 nitrogen and oxygen atoms in total. The molecule has 1 fully saturated rings. The molecule has 0 amide bonds. The van der Waals surface area contributed by atoms with Crippen molar-refractivity contribution in [2.24, 2.45) is 0 Å². The number of anilines is 1. The number of ether oxygens (including phenoxy) is 3. The summed E-state index contributed by atoms with van der Waals surface area (Å²) < 4.78 is 15.7. The highest BCUT2D eigenvalue weighted by atomic mass is 32.1. The van der Waals surface area contributed by atoms with E-state index in [0.29, 0.717) is 19.3 Å². The van der Waals surface area contributed by atoms with Gasteiger partial charge in [0, 0.05) is 52.4 Å². The second-order valence-corrected chi connectivity index (χ2v) is 6.12. The van der Waals surface area contributed by atoms with Crippen molar-refractivity contribution in [3.05, 3.63) is 10.6 Å². The van der Waals surface area contributed by atoms with Crippen LogP contribution < -0.4 is 10.2 Å². The molecule has 1 aromatic rings. The normalized spacial score (nSPS) is 18.6. The molecule has 1 saturated heterocycles. The van der Waals surface area contributed by atoms with Crippen LogP contribution in [0.2, 0.25) is 0 Å². The van der Waals surface area contributed by atoms with Crippen LogP contribution >= 0.6 is 11.3 Å². The Balaban J connectivity index is 1.98. The van der Waals surface area contributed by atoms with Gasteiger partial charge in [0.1, 0.15) is 0 Å². The zero-order valence-electron chi connectivity index (χ0n) is 13.1. The topological polar surface area (TPSA) is 55.9 Å². The van der Waals surface area contributed by atoms with Crippen molar-refractivity contribution in [1.82, 2.24) is 10.3 Å². The maximum absolute atomic E-state index is 5.42. The van der Waals surface area contributed by atoms with Crippen molar-refractivity contribution in [2.45, 2.75) is 25.7 Å². The number of nitrogens with zero attached hydrogens (tertiary/aromatic N) is 2. The average molecular weight is 315 g/mol. The third kappa shape index (κ3) is 4.62. The molecule has 1 N–H and O–H groups in total. The molecule has 0 spiro atoms. The molecule has 1 aromatic heterocycles. The van der Waals surface area contributed by atoms with E-state index in [-0.39, 0.29) is 0 Å². The Bertz CT molecular complexity index is 428. The van der Waals surface area contributed by atoms with Gasteiger partial charge in [-0.2, -0.15) is 0 Å². The summed E-state index contributed by atoms with van der Waals surface area (Å²) in [5.74, 6) is 0. The van der Waals surface area contributed by atoms with Gasteiger partial charge in [-0.15, -0.1) is 11.3 Å². The first kappa shape index (κ1) is 16.6. The van der Waals surface area contributed by atoms with Gasteiger partial charge in [0.15, 0.2) is 5.13 Å². The maximum Gasteiger partial charge on any atom is 0.186 e. The van der Waals surface area contributed by atoms with Crippen LogP contribution in [0.5, 0.6) is 0 Å². The third-order valence-corrected chi connectivity index (χ3v) is 4.72. The summed E-state index contributed by atoms with van der Waals surface area (Å²) in [5, 5.41) is 4.45. The number of methoxy groups -OCH3 is 3. The molecule has 0 bridgehead atoms. The fourth-order valence-corrected chi connectivity index (χ4v) is 3.43. The zero-order chi connectivity index (χ0) is 15.1. The lowest BCUT2D eigenvalue weighted by Crippen LogP contribution is -2.21. The van der Waals surface area contributed by atoms with Gasteiger partial charge in [-0.05, 0) is 6.42 Å². The van der Waals surface area contributed by atoms with E-state index < -0.39 is 0 Å². The maximum atomic E-state index is 5.42. The van der Waals surface area contributed by atoms with Crippen molar-refractivity contribution in [2.75, 3.05) is 52.5 Å². The molecule has 0 radical (unpaired) electrons. The molecule has 2 heterocycles. The largest absolute Gasteiger partial charge is 0.383 e. The van der Waals surface area contributed by atoms with Crippen molar-refractivity contribution in [3.63, 3.8) is 0 Å². The first-order valence-electron chi connectivity index (χ1n) is 7.23. The van der Waals surface area contributed by atoms with E-state index in [9.17, 15) is 0 Å². The van der Waals surface area contributed by atoms with E-state index in [4.69, 9.17) is 19.2 Å². The summed E-state index contributed by atoms with van der Waals surface area (Å²) >= 11 is 1.74. The zero-order valence-corrected chi connectivity index (χ0v) is 13.9. The van der Waals surface area contributed by atoms with Gasteiger partial charge in [0.05, 0.1) is 25.0 Å². The van der Waals surface area contributed by atoms with Crippen LogP contribution in [0.3, 0.4) is 0 Å². The molecule has 7 heteroatoms. The molecule has 0 aromatic carbocycles. The summed E-state index contributed by atoms with van der Waals surface area (Å²) in [4.78, 5) is 8.28. The minimum Gasteiger partial charge on any atom is -0.383 e. The van der Waals surface area contributed by atoms with Gasteiger partial charge >= 0.3 is 0 Å². The Labute approximate surface area is 130 Å². The lowest BCUT2D eigenvalue weighted by Gasteiger charge is -2.13. The van der Waals surface area contributed by atoms with Crippen LogP contribution in [0.15, 0.2) is 0 Å². The molecule has 2 rings (SSSR count). The van der Waals surface area contributed by atoms with Crippen LogP contribution in [-0.4, -0.2) is 58.7 Å². The molecule has 120 valence electrons. The van der Waals surface area contributed by atoms with Crippen molar-refractivity contribution in [3.8, 4) is 0 Å².